The predicted molar refractivity (Wildman–Crippen MR) is 72.7 cm³/mol. The molecule has 1 aliphatic heterocycles. The van der Waals surface area contributed by atoms with Crippen LogP contribution in [-0.2, 0) is 11.3 Å². The van der Waals surface area contributed by atoms with Crippen LogP contribution < -0.4 is 11.3 Å². The zero-order valence-corrected chi connectivity index (χ0v) is 12.2. The Labute approximate surface area is 118 Å². The van der Waals surface area contributed by atoms with Crippen LogP contribution in [-0.4, -0.2) is 57.1 Å². The first kappa shape index (κ1) is 14.9. The fraction of sp³-hybridized carbons (Fsp3) is 0.750. The minimum Gasteiger partial charge on any atom is -0.370 e. The highest BCUT2D eigenvalue weighted by Gasteiger charge is 2.30. The zero-order chi connectivity index (χ0) is 14.8. The van der Waals surface area contributed by atoms with E-state index in [2.05, 4.69) is 36.0 Å². The van der Waals surface area contributed by atoms with Crippen molar-refractivity contribution < 1.29 is 9.53 Å². The molecular weight excluding hydrogens is 260 g/mol. The first-order valence-corrected chi connectivity index (χ1v) is 6.71. The molecule has 1 unspecified atom stereocenters. The molecular formula is C12H22N6O2. The molecule has 0 aliphatic carbocycles. The average Bonchev–Trinajstić information content (AvgIpc) is 2.82. The van der Waals surface area contributed by atoms with Crippen LogP contribution in [0.3, 0.4) is 0 Å². The molecule has 20 heavy (non-hydrogen) atoms. The molecule has 2 rings (SSSR count). The van der Waals surface area contributed by atoms with Gasteiger partial charge in [-0.05, 0) is 20.8 Å². The molecule has 0 radical (unpaired) electrons. The van der Waals surface area contributed by atoms with Gasteiger partial charge in [0.15, 0.2) is 5.69 Å². The number of hydrogen-bond acceptors (Lipinski definition) is 6. The molecule has 1 aliphatic rings. The van der Waals surface area contributed by atoms with Gasteiger partial charge in [0.05, 0.1) is 24.4 Å². The van der Waals surface area contributed by atoms with E-state index in [-0.39, 0.29) is 17.4 Å². The van der Waals surface area contributed by atoms with Gasteiger partial charge >= 0.3 is 0 Å². The lowest BCUT2D eigenvalue weighted by atomic mass is 10.1. The summed E-state index contributed by atoms with van der Waals surface area (Å²) in [6.45, 7) is 9.55. The van der Waals surface area contributed by atoms with E-state index in [9.17, 15) is 4.79 Å². The third-order valence-electron chi connectivity index (χ3n) is 3.19. The van der Waals surface area contributed by atoms with Crippen LogP contribution in [0.2, 0.25) is 0 Å². The van der Waals surface area contributed by atoms with Gasteiger partial charge < -0.3 is 4.74 Å². The number of morpholine rings is 1. The number of hydrogen-bond donors (Lipinski definition) is 2. The minimum atomic E-state index is -0.433. The van der Waals surface area contributed by atoms with Gasteiger partial charge in [-0.25, -0.2) is 5.84 Å². The highest BCUT2D eigenvalue weighted by Crippen LogP contribution is 2.20. The molecule has 2 heterocycles. The summed E-state index contributed by atoms with van der Waals surface area (Å²) in [5.41, 5.74) is 2.13. The Morgan fingerprint density at radius 2 is 2.35 bits per heavy atom. The second kappa shape index (κ2) is 5.86. The summed E-state index contributed by atoms with van der Waals surface area (Å²) in [5.74, 6) is 4.62. The molecule has 1 amide bonds. The number of carbonyl (C=O) groups excluding carboxylic acids is 1. The van der Waals surface area contributed by atoms with Crippen molar-refractivity contribution in [1.29, 1.82) is 0 Å². The number of nitrogens with zero attached hydrogens (tertiary/aromatic N) is 4. The lowest BCUT2D eigenvalue weighted by Gasteiger charge is -2.41. The van der Waals surface area contributed by atoms with E-state index in [1.807, 2.05) is 5.43 Å². The van der Waals surface area contributed by atoms with Gasteiger partial charge in [0.1, 0.15) is 0 Å². The van der Waals surface area contributed by atoms with Crippen molar-refractivity contribution >= 4 is 5.91 Å². The van der Waals surface area contributed by atoms with Crippen LogP contribution in [0.5, 0.6) is 0 Å². The van der Waals surface area contributed by atoms with E-state index >= 15 is 0 Å². The summed E-state index contributed by atoms with van der Waals surface area (Å²) in [6, 6.07) is 0. The van der Waals surface area contributed by atoms with Crippen LogP contribution in [0.25, 0.3) is 0 Å². The van der Waals surface area contributed by atoms with E-state index in [0.717, 1.165) is 19.6 Å². The lowest BCUT2D eigenvalue weighted by Crippen LogP contribution is -2.52. The Balaban J connectivity index is 1.88. The van der Waals surface area contributed by atoms with Crippen LogP contribution in [0, 0.1) is 0 Å². The SMILES string of the molecule is CC1CN(CCn2cc(C(=O)NN)nn2)CC(C)(C)O1. The number of aromatic nitrogens is 3. The Kier molecular flexibility index (Phi) is 4.36. The molecule has 8 nitrogen and oxygen atoms in total. The summed E-state index contributed by atoms with van der Waals surface area (Å²) in [4.78, 5) is 13.6. The van der Waals surface area contributed by atoms with Crippen LogP contribution >= 0.6 is 0 Å². The molecule has 1 atom stereocenters. The Morgan fingerprint density at radius 3 is 3.00 bits per heavy atom. The van der Waals surface area contributed by atoms with E-state index < -0.39 is 5.91 Å². The first-order chi connectivity index (χ1) is 9.39. The number of hydrazine groups is 1. The third kappa shape index (κ3) is 3.75. The second-order valence-electron chi connectivity index (χ2n) is 5.76. The number of nitrogens with two attached hydrogens (primary N) is 1. The van der Waals surface area contributed by atoms with E-state index in [1.54, 1.807) is 10.9 Å². The minimum absolute atomic E-state index is 0.134. The van der Waals surface area contributed by atoms with Crippen molar-refractivity contribution in [2.45, 2.75) is 39.0 Å². The standard InChI is InChI=1S/C12H22N6O2/c1-9-6-17(8-12(2,3)20-9)4-5-18-7-10(15-16-18)11(19)14-13/h7,9H,4-6,8,13H2,1-3H3,(H,14,19). The number of amides is 1. The van der Waals surface area contributed by atoms with Gasteiger partial charge in [0.25, 0.3) is 5.91 Å². The second-order valence-corrected chi connectivity index (χ2v) is 5.76. The maximum atomic E-state index is 11.3. The summed E-state index contributed by atoms with van der Waals surface area (Å²) in [5, 5.41) is 7.69. The average molecular weight is 282 g/mol. The summed E-state index contributed by atoms with van der Waals surface area (Å²) in [6.07, 6.45) is 1.81. The van der Waals surface area contributed by atoms with Gasteiger partial charge in [-0.2, -0.15) is 0 Å². The highest BCUT2D eigenvalue weighted by atomic mass is 16.5. The fourth-order valence-electron chi connectivity index (χ4n) is 2.59. The van der Waals surface area contributed by atoms with Crippen LogP contribution in [0.1, 0.15) is 31.3 Å². The smallest absolute Gasteiger partial charge is 0.287 e. The van der Waals surface area contributed by atoms with Crippen molar-refractivity contribution in [1.82, 2.24) is 25.3 Å². The van der Waals surface area contributed by atoms with E-state index in [1.165, 1.54) is 0 Å². The monoisotopic (exact) mass is 282 g/mol. The van der Waals surface area contributed by atoms with Crippen molar-refractivity contribution in [2.24, 2.45) is 5.84 Å². The largest absolute Gasteiger partial charge is 0.370 e. The molecule has 0 bridgehead atoms. The van der Waals surface area contributed by atoms with Crippen molar-refractivity contribution in [3.8, 4) is 0 Å². The fourth-order valence-corrected chi connectivity index (χ4v) is 2.59. The van der Waals surface area contributed by atoms with Gasteiger partial charge in [0.2, 0.25) is 0 Å². The van der Waals surface area contributed by atoms with Crippen LogP contribution in [0.15, 0.2) is 6.20 Å². The molecule has 1 aromatic heterocycles. The number of ether oxygens (including phenoxy) is 1. The quantitative estimate of drug-likeness (QED) is 0.434. The first-order valence-electron chi connectivity index (χ1n) is 6.71. The Bertz CT molecular complexity index is 472. The summed E-state index contributed by atoms with van der Waals surface area (Å²) in [7, 11) is 0. The van der Waals surface area contributed by atoms with Crippen molar-refractivity contribution in [3.63, 3.8) is 0 Å². The zero-order valence-electron chi connectivity index (χ0n) is 12.2. The molecule has 0 saturated carbocycles. The van der Waals surface area contributed by atoms with Crippen molar-refractivity contribution in [2.75, 3.05) is 19.6 Å². The summed E-state index contributed by atoms with van der Waals surface area (Å²) >= 11 is 0. The molecule has 1 saturated heterocycles. The number of carbonyl (C=O) groups is 1. The maximum absolute atomic E-state index is 11.3. The Morgan fingerprint density at radius 1 is 1.60 bits per heavy atom. The molecule has 112 valence electrons. The van der Waals surface area contributed by atoms with E-state index in [4.69, 9.17) is 10.6 Å². The molecule has 0 spiro atoms. The highest BCUT2D eigenvalue weighted by molar-refractivity contribution is 5.91. The van der Waals surface area contributed by atoms with Gasteiger partial charge in [0, 0.05) is 19.6 Å². The Hall–Kier alpha value is -1.51. The predicted octanol–water partition coefficient (Wildman–Crippen LogP) is -0.619. The molecule has 1 aromatic rings. The normalized spacial score (nSPS) is 22.7. The number of rotatable bonds is 4. The number of nitrogen functional groups attached to an aromatic ring is 1. The molecule has 3 N–H and O–H groups in total. The molecule has 8 heteroatoms. The molecule has 0 aromatic carbocycles. The van der Waals surface area contributed by atoms with Crippen LogP contribution in [0.4, 0.5) is 0 Å². The molecule has 1 fully saturated rings. The van der Waals surface area contributed by atoms with Gasteiger partial charge in [-0.3, -0.25) is 19.8 Å². The third-order valence-corrected chi connectivity index (χ3v) is 3.19. The lowest BCUT2D eigenvalue weighted by molar-refractivity contribution is -0.129. The van der Waals surface area contributed by atoms with Gasteiger partial charge in [-0.15, -0.1) is 5.10 Å². The summed E-state index contributed by atoms with van der Waals surface area (Å²) < 4.78 is 7.51. The van der Waals surface area contributed by atoms with Gasteiger partial charge in [-0.1, -0.05) is 5.21 Å². The topological polar surface area (TPSA) is 98.3 Å². The van der Waals surface area contributed by atoms with E-state index in [0.29, 0.717) is 6.54 Å². The number of nitrogens with one attached hydrogen (secondary N) is 1. The van der Waals surface area contributed by atoms with Crippen molar-refractivity contribution in [3.05, 3.63) is 11.9 Å². The maximum Gasteiger partial charge on any atom is 0.287 e.